The zero-order valence-electron chi connectivity index (χ0n) is 7.19. The molecule has 72 valence electrons. The van der Waals surface area contributed by atoms with Crippen LogP contribution < -0.4 is 10.5 Å². The smallest absolute Gasteiger partial charge is 0.243 e. The molecule has 0 fully saturated rings. The lowest BCUT2D eigenvalue weighted by molar-refractivity contribution is -0.118. The summed E-state index contributed by atoms with van der Waals surface area (Å²) in [5, 5.41) is 0. The van der Waals surface area contributed by atoms with Gasteiger partial charge < -0.3 is 5.73 Å². The molecule has 1 unspecified atom stereocenters. The highest BCUT2D eigenvalue weighted by atomic mass is 32.2. The highest BCUT2D eigenvalue weighted by molar-refractivity contribution is 7.97. The molecule has 0 radical (unpaired) electrons. The predicted octanol–water partition coefficient (Wildman–Crippen LogP) is 0.333. The van der Waals surface area contributed by atoms with E-state index in [2.05, 4.69) is 4.72 Å². The molecule has 0 aliphatic carbocycles. The molecule has 1 aliphatic rings. The Bertz CT molecular complexity index is 406. The minimum absolute atomic E-state index is 0.258. The lowest BCUT2D eigenvalue weighted by Gasteiger charge is -2.20. The van der Waals surface area contributed by atoms with Crippen LogP contribution in [0.25, 0.3) is 0 Å². The third kappa shape index (κ3) is 1.40. The van der Waals surface area contributed by atoms with Gasteiger partial charge in [0.1, 0.15) is 0 Å². The zero-order valence-corrected chi connectivity index (χ0v) is 8.01. The summed E-state index contributed by atoms with van der Waals surface area (Å²) in [4.78, 5) is 23.4. The number of primary amides is 1. The minimum atomic E-state index is -0.908. The number of hydrogen-bond acceptors (Lipinski definition) is 4. The van der Waals surface area contributed by atoms with Crippen LogP contribution in [0, 0.1) is 0 Å². The van der Waals surface area contributed by atoms with Crippen molar-refractivity contribution in [1.82, 2.24) is 4.72 Å². The normalized spacial score (nSPS) is 20.3. The number of rotatable bonds is 1. The zero-order chi connectivity index (χ0) is 10.1. The highest BCUT2D eigenvalue weighted by Crippen LogP contribution is 2.26. The van der Waals surface area contributed by atoms with Gasteiger partial charge in [0, 0.05) is 10.5 Å². The standard InChI is InChI=1S/C9H8N2O2S/c10-9(13)7-8(12)5-3-1-2-4-6(5)14-11-7/h1-4,7,11H,(H2,10,13). The van der Waals surface area contributed by atoms with Gasteiger partial charge in [0.05, 0.1) is 0 Å². The molecule has 1 aliphatic heterocycles. The SMILES string of the molecule is NC(=O)C1NSc2ccccc2C1=O. The molecular weight excluding hydrogens is 200 g/mol. The first kappa shape index (κ1) is 9.23. The molecule has 2 rings (SSSR count). The van der Waals surface area contributed by atoms with Gasteiger partial charge in [-0.1, -0.05) is 18.2 Å². The molecule has 0 saturated heterocycles. The lowest BCUT2D eigenvalue weighted by Crippen LogP contribution is -2.46. The summed E-state index contributed by atoms with van der Waals surface area (Å²) in [6.45, 7) is 0. The molecule has 0 spiro atoms. The van der Waals surface area contributed by atoms with Crippen LogP contribution in [0.3, 0.4) is 0 Å². The first-order valence-corrected chi connectivity index (χ1v) is 4.87. The Hall–Kier alpha value is -1.33. The van der Waals surface area contributed by atoms with E-state index in [1.807, 2.05) is 12.1 Å². The van der Waals surface area contributed by atoms with E-state index in [4.69, 9.17) is 5.73 Å². The molecule has 1 aromatic rings. The summed E-state index contributed by atoms with van der Waals surface area (Å²) >= 11 is 1.26. The fraction of sp³-hybridized carbons (Fsp3) is 0.111. The number of ketones is 1. The Morgan fingerprint density at radius 2 is 2.14 bits per heavy atom. The number of amides is 1. The Morgan fingerprint density at radius 1 is 1.43 bits per heavy atom. The van der Waals surface area contributed by atoms with E-state index in [1.54, 1.807) is 12.1 Å². The third-order valence-electron chi connectivity index (χ3n) is 1.99. The predicted molar refractivity (Wildman–Crippen MR) is 52.7 cm³/mol. The highest BCUT2D eigenvalue weighted by Gasteiger charge is 2.31. The summed E-state index contributed by atoms with van der Waals surface area (Å²) in [7, 11) is 0. The summed E-state index contributed by atoms with van der Waals surface area (Å²) in [5.74, 6) is -0.899. The van der Waals surface area contributed by atoms with E-state index >= 15 is 0 Å². The number of Topliss-reactive ketones (excluding diaryl/α,β-unsaturated/α-hetero) is 1. The number of nitrogens with two attached hydrogens (primary N) is 1. The number of benzene rings is 1. The fourth-order valence-electron chi connectivity index (χ4n) is 1.28. The second-order valence-electron chi connectivity index (χ2n) is 2.92. The van der Waals surface area contributed by atoms with E-state index in [0.717, 1.165) is 4.90 Å². The van der Waals surface area contributed by atoms with E-state index in [0.29, 0.717) is 5.56 Å². The molecule has 1 atom stereocenters. The molecule has 4 nitrogen and oxygen atoms in total. The van der Waals surface area contributed by atoms with Crippen LogP contribution in [0.5, 0.6) is 0 Å². The number of fused-ring (bicyclic) bond motifs is 1. The summed E-state index contributed by atoms with van der Waals surface area (Å²) in [6.07, 6.45) is 0. The quantitative estimate of drug-likeness (QED) is 0.515. The van der Waals surface area contributed by atoms with Gasteiger partial charge in [0.25, 0.3) is 0 Å². The van der Waals surface area contributed by atoms with Gasteiger partial charge in [-0.05, 0) is 18.0 Å². The van der Waals surface area contributed by atoms with Crippen LogP contribution in [0.2, 0.25) is 0 Å². The molecule has 0 aromatic heterocycles. The van der Waals surface area contributed by atoms with E-state index < -0.39 is 11.9 Å². The molecule has 14 heavy (non-hydrogen) atoms. The Labute approximate surface area is 85.0 Å². The Balaban J connectivity index is 2.41. The van der Waals surface area contributed by atoms with Gasteiger partial charge in [0.2, 0.25) is 5.91 Å². The second kappa shape index (κ2) is 3.43. The number of carbonyl (C=O) groups is 2. The number of hydrogen-bond donors (Lipinski definition) is 2. The van der Waals surface area contributed by atoms with Gasteiger partial charge in [-0.25, -0.2) is 4.72 Å². The lowest BCUT2D eigenvalue weighted by atomic mass is 10.0. The molecule has 0 bridgehead atoms. The van der Waals surface area contributed by atoms with Gasteiger partial charge in [-0.2, -0.15) is 0 Å². The maximum Gasteiger partial charge on any atom is 0.243 e. The van der Waals surface area contributed by atoms with Crippen molar-refractivity contribution in [2.75, 3.05) is 0 Å². The molecule has 0 saturated carbocycles. The molecule has 1 aromatic carbocycles. The molecular formula is C9H8N2O2S. The molecule has 5 heteroatoms. The van der Waals surface area contributed by atoms with E-state index in [-0.39, 0.29) is 5.78 Å². The van der Waals surface area contributed by atoms with Crippen molar-refractivity contribution in [2.24, 2.45) is 5.73 Å². The second-order valence-corrected chi connectivity index (χ2v) is 3.80. The van der Waals surface area contributed by atoms with Crippen LogP contribution in [-0.2, 0) is 4.79 Å². The van der Waals surface area contributed by atoms with Crippen LogP contribution in [0.4, 0.5) is 0 Å². The van der Waals surface area contributed by atoms with Crippen LogP contribution in [0.15, 0.2) is 29.2 Å². The minimum Gasteiger partial charge on any atom is -0.368 e. The third-order valence-corrected chi connectivity index (χ3v) is 2.92. The van der Waals surface area contributed by atoms with Crippen LogP contribution in [-0.4, -0.2) is 17.7 Å². The monoisotopic (exact) mass is 208 g/mol. The summed E-state index contributed by atoms with van der Waals surface area (Å²) in [5.41, 5.74) is 5.63. The maximum atomic E-state index is 11.7. The van der Waals surface area contributed by atoms with Crippen molar-refractivity contribution in [3.63, 3.8) is 0 Å². The Kier molecular flexibility index (Phi) is 2.26. The maximum absolute atomic E-state index is 11.7. The number of nitrogens with one attached hydrogen (secondary N) is 1. The topological polar surface area (TPSA) is 72.2 Å². The van der Waals surface area contributed by atoms with Crippen molar-refractivity contribution in [1.29, 1.82) is 0 Å². The van der Waals surface area contributed by atoms with Gasteiger partial charge >= 0.3 is 0 Å². The Morgan fingerprint density at radius 3 is 2.86 bits per heavy atom. The van der Waals surface area contributed by atoms with Crippen molar-refractivity contribution < 1.29 is 9.59 Å². The molecule has 1 amide bonds. The average molecular weight is 208 g/mol. The average Bonchev–Trinajstić information content (AvgIpc) is 2.18. The summed E-state index contributed by atoms with van der Waals surface area (Å²) in [6, 6.07) is 6.21. The molecule has 1 heterocycles. The van der Waals surface area contributed by atoms with Crippen molar-refractivity contribution >= 4 is 23.6 Å². The first-order valence-electron chi connectivity index (χ1n) is 4.05. The van der Waals surface area contributed by atoms with Crippen molar-refractivity contribution in [3.8, 4) is 0 Å². The van der Waals surface area contributed by atoms with E-state index in [9.17, 15) is 9.59 Å². The fourth-order valence-corrected chi connectivity index (χ4v) is 2.17. The summed E-state index contributed by atoms with van der Waals surface area (Å²) < 4.78 is 2.72. The largest absolute Gasteiger partial charge is 0.368 e. The number of carbonyl (C=O) groups excluding carboxylic acids is 2. The van der Waals surface area contributed by atoms with Crippen molar-refractivity contribution in [2.45, 2.75) is 10.9 Å². The van der Waals surface area contributed by atoms with Crippen molar-refractivity contribution in [3.05, 3.63) is 29.8 Å². The van der Waals surface area contributed by atoms with E-state index in [1.165, 1.54) is 11.9 Å². The molecule has 3 N–H and O–H groups in total. The van der Waals surface area contributed by atoms with Gasteiger partial charge in [-0.15, -0.1) is 0 Å². The van der Waals surface area contributed by atoms with Gasteiger partial charge in [0.15, 0.2) is 11.8 Å². The van der Waals surface area contributed by atoms with Crippen LogP contribution in [0.1, 0.15) is 10.4 Å². The van der Waals surface area contributed by atoms with Crippen LogP contribution >= 0.6 is 11.9 Å². The van der Waals surface area contributed by atoms with Gasteiger partial charge in [-0.3, -0.25) is 9.59 Å². The first-order chi connectivity index (χ1) is 6.70.